The molecule has 4 heteroatoms. The maximum Gasteiger partial charge on any atom is 0.172 e. The van der Waals surface area contributed by atoms with Crippen LogP contribution in [-0.2, 0) is 11.1 Å². The summed E-state index contributed by atoms with van der Waals surface area (Å²) < 4.78 is 18.8. The summed E-state index contributed by atoms with van der Waals surface area (Å²) in [5.74, 6) is 0.0725. The fourth-order valence-electron chi connectivity index (χ4n) is 0.816. The first-order valence-electron chi connectivity index (χ1n) is 3.56. The number of nitrogens with one attached hydrogen (secondary N) is 1. The molecule has 66 valence electrons. The summed E-state index contributed by atoms with van der Waals surface area (Å²) in [6, 6.07) is 7.65. The Morgan fingerprint density at radius 3 is 2.50 bits per heavy atom. The van der Waals surface area contributed by atoms with Crippen LogP contribution in [0.1, 0.15) is 5.56 Å². The van der Waals surface area contributed by atoms with E-state index >= 15 is 0 Å². The highest BCUT2D eigenvalue weighted by atomic mass is 32.2. The first kappa shape index (κ1) is 9.22. The zero-order chi connectivity index (χ0) is 8.97. The van der Waals surface area contributed by atoms with Crippen molar-refractivity contribution >= 4 is 16.8 Å². The fourth-order valence-corrected chi connectivity index (χ4v) is 1.11. The molecule has 1 rings (SSSR count). The van der Waals surface area contributed by atoms with Gasteiger partial charge >= 0.3 is 0 Å². The average Bonchev–Trinajstić information content (AvgIpc) is 2.03. The molecule has 1 unspecified atom stereocenters. The molecule has 0 aliphatic rings. The van der Waals surface area contributed by atoms with E-state index in [-0.39, 0.29) is 5.88 Å². The Hall–Kier alpha value is -0.870. The van der Waals surface area contributed by atoms with Gasteiger partial charge in [-0.15, -0.1) is 0 Å². The molecule has 0 radical (unpaired) electrons. The van der Waals surface area contributed by atoms with Gasteiger partial charge in [0.05, 0.1) is 0 Å². The van der Waals surface area contributed by atoms with Crippen molar-refractivity contribution in [1.29, 1.82) is 0 Å². The molecule has 0 aliphatic heterocycles. The minimum Gasteiger partial charge on any atom is -0.372 e. The van der Waals surface area contributed by atoms with Crippen molar-refractivity contribution in [3.63, 3.8) is 0 Å². The topological polar surface area (TPSA) is 49.3 Å². The van der Waals surface area contributed by atoms with Crippen LogP contribution >= 0.6 is 0 Å². The summed E-state index contributed by atoms with van der Waals surface area (Å²) in [6.45, 7) is 1.99. The van der Waals surface area contributed by atoms with E-state index in [1.54, 1.807) is 0 Å². The third-order valence-electron chi connectivity index (χ3n) is 1.45. The number of benzene rings is 1. The molecule has 1 aromatic rings. The Kier molecular flexibility index (Phi) is 3.25. The molecule has 0 saturated carbocycles. The van der Waals surface area contributed by atoms with Gasteiger partial charge in [-0.25, -0.2) is 4.21 Å². The lowest BCUT2D eigenvalue weighted by molar-refractivity contribution is 0.566. The van der Waals surface area contributed by atoms with E-state index in [0.29, 0.717) is 0 Å². The van der Waals surface area contributed by atoms with Crippen molar-refractivity contribution in [2.75, 3.05) is 11.2 Å². The van der Waals surface area contributed by atoms with Crippen LogP contribution in [0.2, 0.25) is 0 Å². The molecular formula is C8H11NO2S. The van der Waals surface area contributed by atoms with Crippen LogP contribution < -0.4 is 5.32 Å². The van der Waals surface area contributed by atoms with Gasteiger partial charge in [0.15, 0.2) is 11.1 Å². The molecule has 3 nitrogen and oxygen atoms in total. The lowest BCUT2D eigenvalue weighted by Crippen LogP contribution is -2.06. The van der Waals surface area contributed by atoms with Crippen LogP contribution in [0, 0.1) is 6.92 Å². The van der Waals surface area contributed by atoms with Crippen LogP contribution in [-0.4, -0.2) is 14.6 Å². The Bertz CT molecular complexity index is 271. The predicted molar refractivity (Wildman–Crippen MR) is 50.4 cm³/mol. The van der Waals surface area contributed by atoms with Crippen molar-refractivity contribution in [2.24, 2.45) is 0 Å². The van der Waals surface area contributed by atoms with E-state index in [2.05, 4.69) is 5.32 Å². The Balaban J connectivity index is 2.53. The zero-order valence-electron chi connectivity index (χ0n) is 6.78. The van der Waals surface area contributed by atoms with Gasteiger partial charge in [-0.3, -0.25) is 0 Å². The Labute approximate surface area is 74.1 Å². The summed E-state index contributed by atoms with van der Waals surface area (Å²) in [5, 5.41) is 2.82. The highest BCUT2D eigenvalue weighted by Gasteiger charge is 1.93. The molecule has 0 amide bonds. The van der Waals surface area contributed by atoms with Crippen molar-refractivity contribution in [2.45, 2.75) is 6.92 Å². The molecule has 0 spiro atoms. The molecule has 12 heavy (non-hydrogen) atoms. The molecule has 0 aromatic heterocycles. The second kappa shape index (κ2) is 4.23. The number of anilines is 1. The van der Waals surface area contributed by atoms with Gasteiger partial charge in [0, 0.05) is 5.69 Å². The molecule has 1 atom stereocenters. The van der Waals surface area contributed by atoms with Gasteiger partial charge < -0.3 is 9.87 Å². The smallest absolute Gasteiger partial charge is 0.172 e. The third kappa shape index (κ3) is 3.02. The van der Waals surface area contributed by atoms with Gasteiger partial charge in [0.25, 0.3) is 0 Å². The summed E-state index contributed by atoms with van der Waals surface area (Å²) in [6.07, 6.45) is 0. The van der Waals surface area contributed by atoms with Gasteiger partial charge in [-0.1, -0.05) is 17.7 Å². The minimum absolute atomic E-state index is 0.0725. The fraction of sp³-hybridized carbons (Fsp3) is 0.250. The highest BCUT2D eigenvalue weighted by Crippen LogP contribution is 2.07. The molecular weight excluding hydrogens is 174 g/mol. The Morgan fingerprint density at radius 2 is 2.00 bits per heavy atom. The molecule has 0 fully saturated rings. The second-order valence-electron chi connectivity index (χ2n) is 2.51. The normalized spacial score (nSPS) is 12.5. The van der Waals surface area contributed by atoms with E-state index in [9.17, 15) is 4.21 Å². The second-order valence-corrected chi connectivity index (χ2v) is 3.44. The van der Waals surface area contributed by atoms with Gasteiger partial charge in [0.1, 0.15) is 5.88 Å². The zero-order valence-corrected chi connectivity index (χ0v) is 7.60. The van der Waals surface area contributed by atoms with E-state index < -0.39 is 11.1 Å². The van der Waals surface area contributed by atoms with E-state index in [1.165, 1.54) is 5.56 Å². The van der Waals surface area contributed by atoms with Crippen molar-refractivity contribution < 1.29 is 8.76 Å². The number of aryl methyl sites for hydroxylation is 1. The van der Waals surface area contributed by atoms with Crippen molar-refractivity contribution in [3.8, 4) is 0 Å². The van der Waals surface area contributed by atoms with E-state index in [0.717, 1.165) is 5.69 Å². The van der Waals surface area contributed by atoms with E-state index in [1.807, 2.05) is 31.2 Å². The third-order valence-corrected chi connectivity index (χ3v) is 1.84. The maximum absolute atomic E-state index is 10.3. The summed E-state index contributed by atoms with van der Waals surface area (Å²) in [5.41, 5.74) is 2.04. The standard InChI is InChI=1S/C8H11NO2S/c1-7-2-4-8(5-3-7)9-6-12(10)11/h2-5,9H,6H2,1H3,(H,10,11). The quantitative estimate of drug-likeness (QED) is 0.703. The van der Waals surface area contributed by atoms with E-state index in [4.69, 9.17) is 4.55 Å². The molecule has 0 heterocycles. The largest absolute Gasteiger partial charge is 0.372 e. The molecule has 0 saturated heterocycles. The summed E-state index contributed by atoms with van der Waals surface area (Å²) >= 11 is -1.78. The minimum atomic E-state index is -1.78. The Morgan fingerprint density at radius 1 is 1.42 bits per heavy atom. The van der Waals surface area contributed by atoms with Crippen LogP contribution in [0.3, 0.4) is 0 Å². The van der Waals surface area contributed by atoms with Gasteiger partial charge in [-0.2, -0.15) is 0 Å². The predicted octanol–water partition coefficient (Wildman–Crippen LogP) is 1.59. The van der Waals surface area contributed by atoms with Crippen LogP contribution in [0.5, 0.6) is 0 Å². The number of rotatable bonds is 3. The summed E-state index contributed by atoms with van der Waals surface area (Å²) in [4.78, 5) is 0. The molecule has 0 aliphatic carbocycles. The van der Waals surface area contributed by atoms with Crippen molar-refractivity contribution in [1.82, 2.24) is 0 Å². The van der Waals surface area contributed by atoms with Crippen LogP contribution in [0.25, 0.3) is 0 Å². The number of hydrogen-bond donors (Lipinski definition) is 2. The van der Waals surface area contributed by atoms with Crippen LogP contribution in [0.4, 0.5) is 5.69 Å². The SMILES string of the molecule is Cc1ccc(NCS(=O)O)cc1. The van der Waals surface area contributed by atoms with Crippen LogP contribution in [0.15, 0.2) is 24.3 Å². The molecule has 0 bridgehead atoms. The summed E-state index contributed by atoms with van der Waals surface area (Å²) in [7, 11) is 0. The maximum atomic E-state index is 10.3. The lowest BCUT2D eigenvalue weighted by atomic mass is 10.2. The first-order valence-corrected chi connectivity index (χ1v) is 4.84. The highest BCUT2D eigenvalue weighted by molar-refractivity contribution is 7.79. The first-order chi connectivity index (χ1) is 5.68. The molecule has 2 N–H and O–H groups in total. The average molecular weight is 185 g/mol. The van der Waals surface area contributed by atoms with Gasteiger partial charge in [0.2, 0.25) is 0 Å². The lowest BCUT2D eigenvalue weighted by Gasteiger charge is -2.02. The molecule has 1 aromatic carbocycles. The van der Waals surface area contributed by atoms with Gasteiger partial charge in [-0.05, 0) is 19.1 Å². The van der Waals surface area contributed by atoms with Crippen molar-refractivity contribution in [3.05, 3.63) is 29.8 Å². The number of hydrogen-bond acceptors (Lipinski definition) is 2. The monoisotopic (exact) mass is 185 g/mol.